The van der Waals surface area contributed by atoms with Gasteiger partial charge in [-0.25, -0.2) is 4.79 Å². The molecule has 0 aliphatic heterocycles. The zero-order valence-electron chi connectivity index (χ0n) is 9.34. The molecule has 5 heteroatoms. The van der Waals surface area contributed by atoms with E-state index in [0.717, 1.165) is 24.6 Å². The fraction of sp³-hybridized carbons (Fsp3) is 0.250. The zero-order chi connectivity index (χ0) is 12.6. The molecule has 1 aromatic carbocycles. The highest BCUT2D eigenvalue weighted by atomic mass is 79.9. The topological polar surface area (TPSA) is 26.3 Å². The van der Waals surface area contributed by atoms with Gasteiger partial charge in [0.15, 0.2) is 0 Å². The summed E-state index contributed by atoms with van der Waals surface area (Å²) in [7, 11) is 0. The van der Waals surface area contributed by atoms with Crippen LogP contribution < -0.4 is 0 Å². The minimum absolute atomic E-state index is 0.245. The highest BCUT2D eigenvalue weighted by molar-refractivity contribution is 9.11. The molecule has 17 heavy (non-hydrogen) atoms. The van der Waals surface area contributed by atoms with Gasteiger partial charge in [-0.15, -0.1) is 11.3 Å². The number of halogens is 2. The van der Waals surface area contributed by atoms with Crippen LogP contribution in [-0.2, 0) is 4.74 Å². The third kappa shape index (κ3) is 2.28. The minimum atomic E-state index is -0.245. The molecule has 90 valence electrons. The van der Waals surface area contributed by atoms with Crippen molar-refractivity contribution in [2.75, 3.05) is 6.61 Å². The van der Waals surface area contributed by atoms with Crippen LogP contribution in [0.25, 0.3) is 10.1 Å². The van der Waals surface area contributed by atoms with Crippen LogP contribution >= 0.6 is 43.2 Å². The first-order valence-corrected chi connectivity index (χ1v) is 7.50. The van der Waals surface area contributed by atoms with Gasteiger partial charge in [0.05, 0.1) is 11.3 Å². The number of carbonyl (C=O) groups excluding carboxylic acids is 1. The molecule has 2 aromatic rings. The predicted molar refractivity (Wildman–Crippen MR) is 77.9 cm³/mol. The molecular weight excluding hydrogens is 368 g/mol. The molecule has 0 radical (unpaired) electrons. The molecular formula is C12H10Br2O2S. The van der Waals surface area contributed by atoms with E-state index in [-0.39, 0.29) is 5.97 Å². The van der Waals surface area contributed by atoms with Crippen molar-refractivity contribution in [1.82, 2.24) is 0 Å². The van der Waals surface area contributed by atoms with Gasteiger partial charge in [0.2, 0.25) is 0 Å². The Hall–Kier alpha value is -0.390. The SMILES string of the molecule is CCOC(=O)c1sc2c(Br)ccc(Br)c2c1C. The molecule has 0 amide bonds. The van der Waals surface area contributed by atoms with Crippen molar-refractivity contribution < 1.29 is 9.53 Å². The summed E-state index contributed by atoms with van der Waals surface area (Å²) in [6.07, 6.45) is 0. The molecule has 2 nitrogen and oxygen atoms in total. The summed E-state index contributed by atoms with van der Waals surface area (Å²) in [6, 6.07) is 3.94. The Bertz CT molecular complexity index is 590. The standard InChI is InChI=1S/C12H10Br2O2S/c1-3-16-12(15)10-6(2)9-7(13)4-5-8(14)11(9)17-10/h4-5H,3H2,1-2H3. The van der Waals surface area contributed by atoms with E-state index in [4.69, 9.17) is 4.74 Å². The molecule has 0 spiro atoms. The first-order chi connectivity index (χ1) is 8.06. The van der Waals surface area contributed by atoms with Crippen LogP contribution in [0.5, 0.6) is 0 Å². The van der Waals surface area contributed by atoms with E-state index in [2.05, 4.69) is 31.9 Å². The monoisotopic (exact) mass is 376 g/mol. The van der Waals surface area contributed by atoms with Crippen LogP contribution in [0.4, 0.5) is 0 Å². The van der Waals surface area contributed by atoms with E-state index in [1.807, 2.05) is 26.0 Å². The van der Waals surface area contributed by atoms with Gasteiger partial charge < -0.3 is 4.74 Å². The van der Waals surface area contributed by atoms with Crippen molar-refractivity contribution >= 4 is 59.3 Å². The summed E-state index contributed by atoms with van der Waals surface area (Å²) in [5.41, 5.74) is 0.969. The van der Waals surface area contributed by atoms with Crippen molar-refractivity contribution in [3.05, 3.63) is 31.5 Å². The van der Waals surface area contributed by atoms with Crippen molar-refractivity contribution in [2.45, 2.75) is 13.8 Å². The Morgan fingerprint density at radius 2 is 2.00 bits per heavy atom. The number of aryl methyl sites for hydroxylation is 1. The lowest BCUT2D eigenvalue weighted by Gasteiger charge is -2.00. The van der Waals surface area contributed by atoms with Crippen LogP contribution in [0, 0.1) is 6.92 Å². The second-order valence-corrected chi connectivity index (χ2v) is 6.24. The van der Waals surface area contributed by atoms with E-state index in [1.165, 1.54) is 11.3 Å². The van der Waals surface area contributed by atoms with E-state index < -0.39 is 0 Å². The van der Waals surface area contributed by atoms with Gasteiger partial charge in [-0.3, -0.25) is 0 Å². The Balaban J connectivity index is 2.68. The number of carbonyl (C=O) groups is 1. The summed E-state index contributed by atoms with van der Waals surface area (Å²) in [5.74, 6) is -0.245. The highest BCUT2D eigenvalue weighted by Gasteiger charge is 2.19. The third-order valence-corrected chi connectivity index (χ3v) is 5.33. The third-order valence-electron chi connectivity index (χ3n) is 2.44. The lowest BCUT2D eigenvalue weighted by molar-refractivity contribution is 0.0531. The smallest absolute Gasteiger partial charge is 0.348 e. The van der Waals surface area contributed by atoms with Crippen LogP contribution in [0.1, 0.15) is 22.2 Å². The molecule has 0 saturated heterocycles. The summed E-state index contributed by atoms with van der Waals surface area (Å²) in [4.78, 5) is 12.5. The number of thiophene rings is 1. The van der Waals surface area contributed by atoms with Crippen LogP contribution in [0.2, 0.25) is 0 Å². The summed E-state index contributed by atoms with van der Waals surface area (Å²) in [5, 5.41) is 1.08. The fourth-order valence-corrected chi connectivity index (χ4v) is 4.13. The predicted octanol–water partition coefficient (Wildman–Crippen LogP) is 4.91. The minimum Gasteiger partial charge on any atom is -0.462 e. The largest absolute Gasteiger partial charge is 0.462 e. The number of fused-ring (bicyclic) bond motifs is 1. The van der Waals surface area contributed by atoms with Crippen molar-refractivity contribution in [3.8, 4) is 0 Å². The van der Waals surface area contributed by atoms with E-state index in [9.17, 15) is 4.79 Å². The number of ether oxygens (including phenoxy) is 1. The van der Waals surface area contributed by atoms with Crippen LogP contribution in [-0.4, -0.2) is 12.6 Å². The first-order valence-electron chi connectivity index (χ1n) is 5.10. The Labute approximate surface area is 120 Å². The summed E-state index contributed by atoms with van der Waals surface area (Å²) in [6.45, 7) is 4.16. The molecule has 0 bridgehead atoms. The van der Waals surface area contributed by atoms with Crippen LogP contribution in [0.15, 0.2) is 21.1 Å². The van der Waals surface area contributed by atoms with Crippen molar-refractivity contribution in [2.24, 2.45) is 0 Å². The maximum Gasteiger partial charge on any atom is 0.348 e. The number of rotatable bonds is 2. The molecule has 0 fully saturated rings. The number of benzene rings is 1. The average molecular weight is 378 g/mol. The normalized spacial score (nSPS) is 10.8. The first kappa shape index (κ1) is 13.1. The zero-order valence-corrected chi connectivity index (χ0v) is 13.3. The maximum absolute atomic E-state index is 11.8. The number of esters is 1. The lowest BCUT2D eigenvalue weighted by atomic mass is 10.1. The second kappa shape index (κ2) is 5.08. The van der Waals surface area contributed by atoms with Crippen LogP contribution in [0.3, 0.4) is 0 Å². The second-order valence-electron chi connectivity index (χ2n) is 3.51. The van der Waals surface area contributed by atoms with Gasteiger partial charge in [-0.05, 0) is 47.5 Å². The van der Waals surface area contributed by atoms with Crippen molar-refractivity contribution in [3.63, 3.8) is 0 Å². The fourth-order valence-electron chi connectivity index (χ4n) is 1.67. The quantitative estimate of drug-likeness (QED) is 0.695. The Morgan fingerprint density at radius 1 is 1.35 bits per heavy atom. The maximum atomic E-state index is 11.8. The Morgan fingerprint density at radius 3 is 2.59 bits per heavy atom. The molecule has 1 heterocycles. The van der Waals surface area contributed by atoms with Gasteiger partial charge in [0.25, 0.3) is 0 Å². The van der Waals surface area contributed by atoms with Gasteiger partial charge >= 0.3 is 5.97 Å². The molecule has 0 unspecified atom stereocenters. The van der Waals surface area contributed by atoms with E-state index in [1.54, 1.807) is 0 Å². The van der Waals surface area contributed by atoms with E-state index >= 15 is 0 Å². The molecule has 2 rings (SSSR count). The number of hydrogen-bond acceptors (Lipinski definition) is 3. The van der Waals surface area contributed by atoms with E-state index in [0.29, 0.717) is 11.5 Å². The van der Waals surface area contributed by atoms with Gasteiger partial charge in [0, 0.05) is 14.3 Å². The van der Waals surface area contributed by atoms with Gasteiger partial charge in [-0.2, -0.15) is 0 Å². The van der Waals surface area contributed by atoms with Gasteiger partial charge in [0.1, 0.15) is 4.88 Å². The summed E-state index contributed by atoms with van der Waals surface area (Å²) < 4.78 is 8.13. The molecule has 0 saturated carbocycles. The summed E-state index contributed by atoms with van der Waals surface area (Å²) >= 11 is 8.48. The lowest BCUT2D eigenvalue weighted by Crippen LogP contribution is -2.03. The number of hydrogen-bond donors (Lipinski definition) is 0. The van der Waals surface area contributed by atoms with Crippen molar-refractivity contribution in [1.29, 1.82) is 0 Å². The average Bonchev–Trinajstić information content (AvgIpc) is 2.63. The molecule has 0 N–H and O–H groups in total. The molecule has 1 aromatic heterocycles. The molecule has 0 aliphatic rings. The molecule has 0 atom stereocenters. The highest BCUT2D eigenvalue weighted by Crippen LogP contribution is 2.40. The van der Waals surface area contributed by atoms with Gasteiger partial charge in [-0.1, -0.05) is 15.9 Å². The molecule has 0 aliphatic carbocycles. The Kier molecular flexibility index (Phi) is 3.90.